The third kappa shape index (κ3) is 3.42. The third-order valence-electron chi connectivity index (χ3n) is 2.71. The van der Waals surface area contributed by atoms with E-state index in [1.807, 2.05) is 0 Å². The van der Waals surface area contributed by atoms with Gasteiger partial charge in [0.2, 0.25) is 5.91 Å². The maximum Gasteiger partial charge on any atom is 0.225 e. The normalized spacial score (nSPS) is 12.1. The summed E-state index contributed by atoms with van der Waals surface area (Å²) in [5.41, 5.74) is 0.316. The van der Waals surface area contributed by atoms with Gasteiger partial charge in [-0.25, -0.2) is 4.39 Å². The molecule has 1 aromatic carbocycles. The number of carbonyl (C=O) groups is 1. The van der Waals surface area contributed by atoms with E-state index in [9.17, 15) is 14.3 Å². The van der Waals surface area contributed by atoms with E-state index in [2.05, 4.69) is 5.32 Å². The Kier molecular flexibility index (Phi) is 4.30. The Morgan fingerprint density at radius 2 is 2.11 bits per heavy atom. The lowest BCUT2D eigenvalue weighted by atomic mass is 10.1. The molecule has 2 N–H and O–H groups in total. The number of amides is 1. The fraction of sp³-hybridized carbons (Fsp3) is 0.214. The molecule has 1 aromatic heterocycles. The van der Waals surface area contributed by atoms with Gasteiger partial charge in [-0.2, -0.15) is 0 Å². The van der Waals surface area contributed by atoms with Gasteiger partial charge in [-0.05, 0) is 23.8 Å². The lowest BCUT2D eigenvalue weighted by molar-refractivity contribution is -0.121. The highest BCUT2D eigenvalue weighted by atomic mass is 19.1. The largest absolute Gasteiger partial charge is 0.467 e. The summed E-state index contributed by atoms with van der Waals surface area (Å²) in [7, 11) is 0. The van der Waals surface area contributed by atoms with Crippen molar-refractivity contribution >= 4 is 5.91 Å². The molecule has 1 unspecified atom stereocenters. The number of rotatable bonds is 5. The minimum atomic E-state index is -0.616. The van der Waals surface area contributed by atoms with Crippen LogP contribution >= 0.6 is 0 Å². The van der Waals surface area contributed by atoms with Gasteiger partial charge in [0, 0.05) is 0 Å². The average Bonchev–Trinajstić information content (AvgIpc) is 2.92. The summed E-state index contributed by atoms with van der Waals surface area (Å²) in [6.07, 6.45) is 1.38. The van der Waals surface area contributed by atoms with Crippen molar-refractivity contribution in [3.8, 4) is 0 Å². The Balaban J connectivity index is 1.99. The Morgan fingerprint density at radius 3 is 2.74 bits per heavy atom. The fourth-order valence-corrected chi connectivity index (χ4v) is 1.76. The molecule has 1 heterocycles. The van der Waals surface area contributed by atoms with Crippen LogP contribution in [0.15, 0.2) is 47.1 Å². The zero-order chi connectivity index (χ0) is 13.7. The first-order chi connectivity index (χ1) is 9.20. The van der Waals surface area contributed by atoms with Crippen molar-refractivity contribution in [2.24, 2.45) is 0 Å². The number of benzene rings is 1. The second-order valence-corrected chi connectivity index (χ2v) is 4.09. The molecule has 100 valence electrons. The number of aliphatic hydroxyl groups is 1. The third-order valence-corrected chi connectivity index (χ3v) is 2.71. The molecule has 2 rings (SSSR count). The van der Waals surface area contributed by atoms with Gasteiger partial charge in [-0.1, -0.05) is 18.2 Å². The summed E-state index contributed by atoms with van der Waals surface area (Å²) in [6.45, 7) is -0.281. The Bertz CT molecular complexity index is 539. The second kappa shape index (κ2) is 6.15. The smallest absolute Gasteiger partial charge is 0.225 e. The summed E-state index contributed by atoms with van der Waals surface area (Å²) in [4.78, 5) is 11.8. The summed E-state index contributed by atoms with van der Waals surface area (Å²) >= 11 is 0. The second-order valence-electron chi connectivity index (χ2n) is 4.09. The van der Waals surface area contributed by atoms with Gasteiger partial charge < -0.3 is 14.8 Å². The molecule has 5 heteroatoms. The summed E-state index contributed by atoms with van der Waals surface area (Å²) in [5, 5.41) is 11.8. The monoisotopic (exact) mass is 263 g/mol. The lowest BCUT2D eigenvalue weighted by Crippen LogP contribution is -2.31. The average molecular weight is 263 g/mol. The lowest BCUT2D eigenvalue weighted by Gasteiger charge is -2.14. The van der Waals surface area contributed by atoms with Crippen molar-refractivity contribution in [1.82, 2.24) is 5.32 Å². The number of aliphatic hydroxyl groups excluding tert-OH is 1. The van der Waals surface area contributed by atoms with Crippen LogP contribution in [0.4, 0.5) is 4.39 Å². The van der Waals surface area contributed by atoms with Gasteiger partial charge in [0.25, 0.3) is 0 Å². The van der Waals surface area contributed by atoms with E-state index < -0.39 is 11.9 Å². The maximum absolute atomic E-state index is 13.4. The van der Waals surface area contributed by atoms with E-state index in [0.717, 1.165) is 0 Å². The summed E-state index contributed by atoms with van der Waals surface area (Å²) < 4.78 is 18.5. The number of furan rings is 1. The number of hydrogen-bond donors (Lipinski definition) is 2. The van der Waals surface area contributed by atoms with Crippen molar-refractivity contribution in [1.29, 1.82) is 0 Å². The first-order valence-corrected chi connectivity index (χ1v) is 5.87. The fourth-order valence-electron chi connectivity index (χ4n) is 1.76. The van der Waals surface area contributed by atoms with E-state index in [1.54, 1.807) is 30.3 Å². The minimum Gasteiger partial charge on any atom is -0.467 e. The number of halogens is 1. The molecular weight excluding hydrogens is 249 g/mol. The predicted octanol–water partition coefficient (Wildman–Crippen LogP) is 1.81. The van der Waals surface area contributed by atoms with Gasteiger partial charge in [-0.15, -0.1) is 0 Å². The van der Waals surface area contributed by atoms with Crippen LogP contribution in [0.25, 0.3) is 0 Å². The highest BCUT2D eigenvalue weighted by Gasteiger charge is 2.17. The molecule has 0 aliphatic carbocycles. The molecule has 0 saturated carbocycles. The van der Waals surface area contributed by atoms with Gasteiger partial charge in [0.15, 0.2) is 0 Å². The van der Waals surface area contributed by atoms with Crippen LogP contribution < -0.4 is 5.32 Å². The zero-order valence-electron chi connectivity index (χ0n) is 10.2. The van der Waals surface area contributed by atoms with Gasteiger partial charge in [-0.3, -0.25) is 4.79 Å². The molecule has 0 fully saturated rings. The van der Waals surface area contributed by atoms with Crippen LogP contribution in [-0.4, -0.2) is 17.6 Å². The van der Waals surface area contributed by atoms with E-state index >= 15 is 0 Å². The Morgan fingerprint density at radius 1 is 1.32 bits per heavy atom. The number of nitrogens with one attached hydrogen (secondary N) is 1. The topological polar surface area (TPSA) is 62.5 Å². The Hall–Kier alpha value is -2.14. The molecular formula is C14H14FNO3. The molecule has 0 bridgehead atoms. The predicted molar refractivity (Wildman–Crippen MR) is 66.8 cm³/mol. The molecule has 19 heavy (non-hydrogen) atoms. The van der Waals surface area contributed by atoms with Gasteiger partial charge in [0.1, 0.15) is 17.6 Å². The molecule has 1 amide bonds. The van der Waals surface area contributed by atoms with E-state index in [0.29, 0.717) is 11.3 Å². The molecule has 0 saturated heterocycles. The SMILES string of the molecule is O=C(Cc1ccccc1F)NC(CO)c1ccco1. The minimum absolute atomic E-state index is 0.0795. The summed E-state index contributed by atoms with van der Waals surface area (Å²) in [6, 6.07) is 8.80. The molecule has 2 aromatic rings. The molecule has 0 radical (unpaired) electrons. The van der Waals surface area contributed by atoms with Crippen LogP contribution in [-0.2, 0) is 11.2 Å². The van der Waals surface area contributed by atoms with Gasteiger partial charge in [0.05, 0.1) is 19.3 Å². The first-order valence-electron chi connectivity index (χ1n) is 5.87. The maximum atomic E-state index is 13.4. The molecule has 0 aliphatic rings. The van der Waals surface area contributed by atoms with E-state index in [4.69, 9.17) is 4.42 Å². The van der Waals surface area contributed by atoms with Gasteiger partial charge >= 0.3 is 0 Å². The molecule has 1 atom stereocenters. The number of carbonyl (C=O) groups excluding carboxylic acids is 1. The van der Waals surface area contributed by atoms with Crippen LogP contribution in [0.1, 0.15) is 17.4 Å². The first kappa shape index (κ1) is 13.3. The van der Waals surface area contributed by atoms with E-state index in [-0.39, 0.29) is 18.9 Å². The van der Waals surface area contributed by atoms with Crippen molar-refractivity contribution in [2.45, 2.75) is 12.5 Å². The molecule has 0 spiro atoms. The highest BCUT2D eigenvalue weighted by Crippen LogP contribution is 2.13. The number of hydrogen-bond acceptors (Lipinski definition) is 3. The standard InChI is InChI=1S/C14H14FNO3/c15-11-5-2-1-4-10(11)8-14(18)16-12(9-17)13-6-3-7-19-13/h1-7,12,17H,8-9H2,(H,16,18). The van der Waals surface area contributed by atoms with Crippen molar-refractivity contribution in [2.75, 3.05) is 6.61 Å². The van der Waals surface area contributed by atoms with Crippen LogP contribution in [0.3, 0.4) is 0 Å². The Labute approximate surface area is 109 Å². The summed E-state index contributed by atoms with van der Waals surface area (Å²) in [5.74, 6) is -0.332. The van der Waals surface area contributed by atoms with Crippen molar-refractivity contribution in [3.63, 3.8) is 0 Å². The zero-order valence-corrected chi connectivity index (χ0v) is 10.2. The molecule has 4 nitrogen and oxygen atoms in total. The van der Waals surface area contributed by atoms with Crippen molar-refractivity contribution in [3.05, 3.63) is 59.8 Å². The van der Waals surface area contributed by atoms with Crippen LogP contribution in [0.2, 0.25) is 0 Å². The molecule has 0 aliphatic heterocycles. The van der Waals surface area contributed by atoms with Crippen LogP contribution in [0, 0.1) is 5.82 Å². The van der Waals surface area contributed by atoms with Crippen molar-refractivity contribution < 1.29 is 18.7 Å². The highest BCUT2D eigenvalue weighted by molar-refractivity contribution is 5.79. The van der Waals surface area contributed by atoms with E-state index in [1.165, 1.54) is 12.3 Å². The van der Waals surface area contributed by atoms with Crippen LogP contribution in [0.5, 0.6) is 0 Å². The quantitative estimate of drug-likeness (QED) is 0.864.